The molecule has 1 heterocycles. The number of alkyl halides is 3. The van der Waals surface area contributed by atoms with E-state index in [0.717, 1.165) is 12.8 Å². The summed E-state index contributed by atoms with van der Waals surface area (Å²) >= 11 is 0. The van der Waals surface area contributed by atoms with Gasteiger partial charge in [-0.25, -0.2) is 0 Å². The molecule has 1 rings (SSSR count). The number of rotatable bonds is 4. The molecule has 1 atom stereocenters. The molecule has 90 valence electrons. The lowest BCUT2D eigenvalue weighted by molar-refractivity contribution is -0.161. The summed E-state index contributed by atoms with van der Waals surface area (Å²) in [7, 11) is 0. The summed E-state index contributed by atoms with van der Waals surface area (Å²) < 4.78 is 42.8. The van der Waals surface area contributed by atoms with Gasteiger partial charge in [-0.1, -0.05) is 6.92 Å². The van der Waals surface area contributed by atoms with Gasteiger partial charge in [-0.2, -0.15) is 13.2 Å². The Kier molecular flexibility index (Phi) is 4.86. The van der Waals surface area contributed by atoms with Gasteiger partial charge in [0.2, 0.25) is 0 Å². The van der Waals surface area contributed by atoms with E-state index in [9.17, 15) is 13.2 Å². The predicted molar refractivity (Wildman–Crippen MR) is 51.7 cm³/mol. The van der Waals surface area contributed by atoms with E-state index in [1.165, 1.54) is 0 Å². The molecule has 0 radical (unpaired) electrons. The first-order chi connectivity index (χ1) is 7.04. The monoisotopic (exact) mass is 225 g/mol. The Balaban J connectivity index is 2.42. The normalized spacial score (nSPS) is 21.6. The van der Waals surface area contributed by atoms with Crippen LogP contribution in [-0.2, 0) is 4.74 Å². The predicted octanol–water partition coefficient (Wildman–Crippen LogP) is 2.34. The molecule has 0 spiro atoms. The second-order valence-corrected chi connectivity index (χ2v) is 3.94. The van der Waals surface area contributed by atoms with Gasteiger partial charge in [-0.15, -0.1) is 0 Å². The first-order valence-electron chi connectivity index (χ1n) is 5.42. The highest BCUT2D eigenvalue weighted by Gasteiger charge is 2.40. The van der Waals surface area contributed by atoms with Crippen LogP contribution >= 0.6 is 0 Å². The highest BCUT2D eigenvalue weighted by atomic mass is 19.4. The van der Waals surface area contributed by atoms with Crippen molar-refractivity contribution in [3.63, 3.8) is 0 Å². The average Bonchev–Trinajstić information content (AvgIpc) is 2.17. The van der Waals surface area contributed by atoms with E-state index in [2.05, 4.69) is 5.32 Å². The molecule has 1 fully saturated rings. The molecule has 0 aromatic rings. The first-order valence-corrected chi connectivity index (χ1v) is 5.42. The maximum absolute atomic E-state index is 12.6. The van der Waals surface area contributed by atoms with Crippen LogP contribution in [0.25, 0.3) is 0 Å². The molecule has 0 bridgehead atoms. The molecule has 1 aliphatic rings. The van der Waals surface area contributed by atoms with Gasteiger partial charge in [0.25, 0.3) is 0 Å². The standard InChI is InChI=1S/C10H18F3NO/c1-2-14-9(10(11,12)13)7-8-3-5-15-6-4-8/h8-9,14H,2-7H2,1H3. The van der Waals surface area contributed by atoms with E-state index in [0.29, 0.717) is 19.8 Å². The van der Waals surface area contributed by atoms with Crippen molar-refractivity contribution in [2.45, 2.75) is 38.4 Å². The second-order valence-electron chi connectivity index (χ2n) is 3.94. The van der Waals surface area contributed by atoms with Crippen LogP contribution in [0.1, 0.15) is 26.2 Å². The molecule has 0 aromatic carbocycles. The van der Waals surface area contributed by atoms with Crippen molar-refractivity contribution in [3.05, 3.63) is 0 Å². The SMILES string of the molecule is CCNC(CC1CCOCC1)C(F)(F)F. The van der Waals surface area contributed by atoms with Gasteiger partial charge in [-0.3, -0.25) is 0 Å². The van der Waals surface area contributed by atoms with Crippen LogP contribution in [0.3, 0.4) is 0 Å². The quantitative estimate of drug-likeness (QED) is 0.793. The maximum Gasteiger partial charge on any atom is 0.403 e. The van der Waals surface area contributed by atoms with Crippen LogP contribution in [0.15, 0.2) is 0 Å². The molecule has 0 aliphatic carbocycles. The minimum atomic E-state index is -4.13. The average molecular weight is 225 g/mol. The molecule has 1 saturated heterocycles. The van der Waals surface area contributed by atoms with E-state index in [4.69, 9.17) is 4.74 Å². The third kappa shape index (κ3) is 4.38. The van der Waals surface area contributed by atoms with E-state index in [1.54, 1.807) is 6.92 Å². The smallest absolute Gasteiger partial charge is 0.381 e. The fourth-order valence-corrected chi connectivity index (χ4v) is 1.89. The van der Waals surface area contributed by atoms with Gasteiger partial charge >= 0.3 is 6.18 Å². The topological polar surface area (TPSA) is 21.3 Å². The van der Waals surface area contributed by atoms with Crippen LogP contribution in [-0.4, -0.2) is 32.0 Å². The van der Waals surface area contributed by atoms with Crippen LogP contribution < -0.4 is 5.32 Å². The lowest BCUT2D eigenvalue weighted by Gasteiger charge is -2.28. The zero-order chi connectivity index (χ0) is 11.3. The molecular formula is C10H18F3NO. The summed E-state index contributed by atoms with van der Waals surface area (Å²) in [6.07, 6.45) is -2.45. The first kappa shape index (κ1) is 12.8. The Bertz CT molecular complexity index is 178. The van der Waals surface area contributed by atoms with Crippen molar-refractivity contribution in [1.29, 1.82) is 0 Å². The van der Waals surface area contributed by atoms with Crippen molar-refractivity contribution in [3.8, 4) is 0 Å². The molecule has 5 heteroatoms. The Labute approximate surface area is 88.2 Å². The molecule has 0 aromatic heterocycles. The number of nitrogens with one attached hydrogen (secondary N) is 1. The molecule has 0 amide bonds. The van der Waals surface area contributed by atoms with Crippen LogP contribution in [0, 0.1) is 5.92 Å². The van der Waals surface area contributed by atoms with Crippen LogP contribution in [0.4, 0.5) is 13.2 Å². The molecular weight excluding hydrogens is 207 g/mol. The summed E-state index contributed by atoms with van der Waals surface area (Å²) in [6.45, 7) is 3.25. The zero-order valence-electron chi connectivity index (χ0n) is 8.94. The number of hydrogen-bond donors (Lipinski definition) is 1. The van der Waals surface area contributed by atoms with Gasteiger partial charge in [0.1, 0.15) is 6.04 Å². The molecule has 15 heavy (non-hydrogen) atoms. The Morgan fingerprint density at radius 2 is 1.93 bits per heavy atom. The molecule has 2 nitrogen and oxygen atoms in total. The van der Waals surface area contributed by atoms with Crippen molar-refractivity contribution in [1.82, 2.24) is 5.32 Å². The summed E-state index contributed by atoms with van der Waals surface area (Å²) in [4.78, 5) is 0. The van der Waals surface area contributed by atoms with Crippen LogP contribution in [0.2, 0.25) is 0 Å². The van der Waals surface area contributed by atoms with Crippen molar-refractivity contribution < 1.29 is 17.9 Å². The lowest BCUT2D eigenvalue weighted by atomic mass is 9.92. The maximum atomic E-state index is 12.6. The van der Waals surface area contributed by atoms with E-state index >= 15 is 0 Å². The van der Waals surface area contributed by atoms with Crippen molar-refractivity contribution >= 4 is 0 Å². The zero-order valence-corrected chi connectivity index (χ0v) is 8.94. The number of hydrogen-bond acceptors (Lipinski definition) is 2. The van der Waals surface area contributed by atoms with Crippen LogP contribution in [0.5, 0.6) is 0 Å². The molecule has 0 saturated carbocycles. The highest BCUT2D eigenvalue weighted by Crippen LogP contribution is 2.28. The third-order valence-electron chi connectivity index (χ3n) is 2.76. The largest absolute Gasteiger partial charge is 0.403 e. The van der Waals surface area contributed by atoms with E-state index in [1.807, 2.05) is 0 Å². The lowest BCUT2D eigenvalue weighted by Crippen LogP contribution is -2.44. The highest BCUT2D eigenvalue weighted by molar-refractivity contribution is 4.79. The fraction of sp³-hybridized carbons (Fsp3) is 1.00. The minimum Gasteiger partial charge on any atom is -0.381 e. The van der Waals surface area contributed by atoms with E-state index in [-0.39, 0.29) is 12.3 Å². The minimum absolute atomic E-state index is 0.143. The fourth-order valence-electron chi connectivity index (χ4n) is 1.89. The molecule has 1 aliphatic heterocycles. The Morgan fingerprint density at radius 1 is 1.33 bits per heavy atom. The van der Waals surface area contributed by atoms with Gasteiger partial charge in [0.15, 0.2) is 0 Å². The molecule has 1 unspecified atom stereocenters. The second kappa shape index (κ2) is 5.70. The Morgan fingerprint density at radius 3 is 2.40 bits per heavy atom. The summed E-state index contributed by atoms with van der Waals surface area (Å²) in [5, 5.41) is 2.50. The Hall–Kier alpha value is -0.290. The summed E-state index contributed by atoms with van der Waals surface area (Å²) in [6, 6.07) is -1.36. The van der Waals surface area contributed by atoms with Gasteiger partial charge in [0, 0.05) is 13.2 Å². The summed E-state index contributed by atoms with van der Waals surface area (Å²) in [5.74, 6) is 0.143. The van der Waals surface area contributed by atoms with E-state index < -0.39 is 12.2 Å². The van der Waals surface area contributed by atoms with Crippen molar-refractivity contribution in [2.75, 3.05) is 19.8 Å². The third-order valence-corrected chi connectivity index (χ3v) is 2.76. The van der Waals surface area contributed by atoms with Gasteiger partial charge < -0.3 is 10.1 Å². The number of halogens is 3. The molecule has 1 N–H and O–H groups in total. The summed E-state index contributed by atoms with van der Waals surface area (Å²) in [5.41, 5.74) is 0. The van der Waals surface area contributed by atoms with Gasteiger partial charge in [-0.05, 0) is 31.7 Å². The van der Waals surface area contributed by atoms with Gasteiger partial charge in [0.05, 0.1) is 0 Å². The van der Waals surface area contributed by atoms with Crippen molar-refractivity contribution in [2.24, 2.45) is 5.92 Å². The number of ether oxygens (including phenoxy) is 1.